The molecular formula is C17H33NO5. The van der Waals surface area contributed by atoms with Crippen LogP contribution in [-0.2, 0) is 9.59 Å². The van der Waals surface area contributed by atoms with Crippen molar-refractivity contribution in [3.8, 4) is 0 Å². The lowest BCUT2D eigenvalue weighted by molar-refractivity contribution is -0.145. The molecule has 0 aliphatic rings. The third kappa shape index (κ3) is 11.1. The zero-order chi connectivity index (χ0) is 17.5. The monoisotopic (exact) mass is 331 g/mol. The van der Waals surface area contributed by atoms with Gasteiger partial charge in [0.2, 0.25) is 5.91 Å². The zero-order valence-electron chi connectivity index (χ0n) is 14.4. The smallest absolute Gasteiger partial charge is 0.304 e. The molecule has 0 bridgehead atoms. The molecule has 136 valence electrons. The summed E-state index contributed by atoms with van der Waals surface area (Å²) < 4.78 is 0. The Kier molecular flexibility index (Phi) is 13.7. The summed E-state index contributed by atoms with van der Waals surface area (Å²) in [7, 11) is 0. The maximum absolute atomic E-state index is 12.4. The standard InChI is InChI=1S/C17H33NO5/c1-2-3-4-5-6-7-8-9-15(14-16(21)22)17(23)18(10-12-19)11-13-20/h15,19-20H,2-14H2,1H3,(H,21,22). The Hall–Kier alpha value is -1.14. The molecule has 3 N–H and O–H groups in total. The number of unbranched alkanes of at least 4 members (excludes halogenated alkanes) is 6. The number of aliphatic carboxylic acids is 1. The number of aliphatic hydroxyl groups is 2. The van der Waals surface area contributed by atoms with Crippen LogP contribution in [0.2, 0.25) is 0 Å². The Bertz CT molecular complexity index is 316. The second-order valence-corrected chi connectivity index (χ2v) is 5.98. The van der Waals surface area contributed by atoms with Crippen LogP contribution in [0.4, 0.5) is 0 Å². The van der Waals surface area contributed by atoms with Crippen LogP contribution < -0.4 is 0 Å². The fourth-order valence-electron chi connectivity index (χ4n) is 2.70. The Labute approximate surface area is 139 Å². The van der Waals surface area contributed by atoms with Crippen LogP contribution in [0, 0.1) is 5.92 Å². The molecule has 1 unspecified atom stereocenters. The number of aliphatic hydroxyl groups excluding tert-OH is 2. The molecule has 0 aromatic rings. The highest BCUT2D eigenvalue weighted by Gasteiger charge is 2.25. The minimum atomic E-state index is -0.987. The molecule has 1 amide bonds. The molecule has 0 rings (SSSR count). The molecule has 0 heterocycles. The molecule has 6 nitrogen and oxygen atoms in total. The minimum Gasteiger partial charge on any atom is -0.481 e. The van der Waals surface area contributed by atoms with Gasteiger partial charge in [-0.25, -0.2) is 0 Å². The van der Waals surface area contributed by atoms with Gasteiger partial charge in [0.05, 0.1) is 19.6 Å². The third-order valence-corrected chi connectivity index (χ3v) is 3.98. The Morgan fingerprint density at radius 2 is 1.43 bits per heavy atom. The molecule has 0 aliphatic carbocycles. The molecule has 0 aromatic heterocycles. The number of carboxylic acids is 1. The van der Waals surface area contributed by atoms with Crippen molar-refractivity contribution in [3.63, 3.8) is 0 Å². The van der Waals surface area contributed by atoms with E-state index in [1.165, 1.54) is 30.6 Å². The highest BCUT2D eigenvalue weighted by atomic mass is 16.4. The van der Waals surface area contributed by atoms with Crippen LogP contribution in [-0.4, -0.2) is 58.4 Å². The van der Waals surface area contributed by atoms with E-state index in [0.29, 0.717) is 6.42 Å². The van der Waals surface area contributed by atoms with Crippen LogP contribution in [0.25, 0.3) is 0 Å². The summed E-state index contributed by atoms with van der Waals surface area (Å²) in [5.41, 5.74) is 0. The van der Waals surface area contributed by atoms with Gasteiger partial charge in [-0.15, -0.1) is 0 Å². The molecule has 0 saturated carbocycles. The third-order valence-electron chi connectivity index (χ3n) is 3.98. The van der Waals surface area contributed by atoms with Crippen LogP contribution in [0.5, 0.6) is 0 Å². The average Bonchev–Trinajstić information content (AvgIpc) is 2.51. The SMILES string of the molecule is CCCCCCCCCC(CC(=O)O)C(=O)N(CCO)CCO. The summed E-state index contributed by atoms with van der Waals surface area (Å²) in [6, 6.07) is 0. The first-order chi connectivity index (χ1) is 11.1. The number of carbonyl (C=O) groups is 2. The molecule has 0 spiro atoms. The van der Waals surface area contributed by atoms with Gasteiger partial charge in [-0.3, -0.25) is 9.59 Å². The fraction of sp³-hybridized carbons (Fsp3) is 0.882. The van der Waals surface area contributed by atoms with Gasteiger partial charge in [-0.1, -0.05) is 51.9 Å². The van der Waals surface area contributed by atoms with Crippen LogP contribution >= 0.6 is 0 Å². The molecule has 0 radical (unpaired) electrons. The summed E-state index contributed by atoms with van der Waals surface area (Å²) in [5.74, 6) is -1.83. The first kappa shape index (κ1) is 21.9. The van der Waals surface area contributed by atoms with Gasteiger partial charge in [0.15, 0.2) is 0 Å². The van der Waals surface area contributed by atoms with Gasteiger partial charge < -0.3 is 20.2 Å². The van der Waals surface area contributed by atoms with Gasteiger partial charge in [0.25, 0.3) is 0 Å². The maximum Gasteiger partial charge on any atom is 0.304 e. The van der Waals surface area contributed by atoms with E-state index in [4.69, 9.17) is 15.3 Å². The van der Waals surface area contributed by atoms with Crippen LogP contribution in [0.3, 0.4) is 0 Å². The van der Waals surface area contributed by atoms with Crippen molar-refractivity contribution < 1.29 is 24.9 Å². The molecule has 1 atom stereocenters. The summed E-state index contributed by atoms with van der Waals surface area (Å²) in [4.78, 5) is 24.8. The fourth-order valence-corrected chi connectivity index (χ4v) is 2.70. The number of hydrogen-bond donors (Lipinski definition) is 3. The predicted molar refractivity (Wildman–Crippen MR) is 89.1 cm³/mol. The van der Waals surface area contributed by atoms with E-state index >= 15 is 0 Å². The molecule has 0 saturated heterocycles. The molecule has 6 heteroatoms. The summed E-state index contributed by atoms with van der Waals surface area (Å²) >= 11 is 0. The van der Waals surface area contributed by atoms with Crippen molar-refractivity contribution in [2.45, 2.75) is 64.7 Å². The van der Waals surface area contributed by atoms with E-state index in [0.717, 1.165) is 19.3 Å². The Morgan fingerprint density at radius 1 is 0.913 bits per heavy atom. The van der Waals surface area contributed by atoms with Crippen LogP contribution in [0.15, 0.2) is 0 Å². The van der Waals surface area contributed by atoms with Crippen molar-refractivity contribution in [2.24, 2.45) is 5.92 Å². The van der Waals surface area contributed by atoms with Gasteiger partial charge in [0, 0.05) is 19.0 Å². The molecular weight excluding hydrogens is 298 g/mol. The second-order valence-electron chi connectivity index (χ2n) is 5.98. The highest BCUT2D eigenvalue weighted by molar-refractivity contribution is 5.83. The lowest BCUT2D eigenvalue weighted by atomic mass is 9.95. The van der Waals surface area contributed by atoms with E-state index in [1.807, 2.05) is 0 Å². The second kappa shape index (κ2) is 14.5. The summed E-state index contributed by atoms with van der Waals surface area (Å²) in [6.07, 6.45) is 8.19. The van der Waals surface area contributed by atoms with Gasteiger partial charge >= 0.3 is 5.97 Å². The largest absolute Gasteiger partial charge is 0.481 e. The van der Waals surface area contributed by atoms with E-state index < -0.39 is 11.9 Å². The maximum atomic E-state index is 12.4. The van der Waals surface area contributed by atoms with E-state index in [-0.39, 0.29) is 38.6 Å². The lowest BCUT2D eigenvalue weighted by Crippen LogP contribution is -2.40. The van der Waals surface area contributed by atoms with Crippen molar-refractivity contribution in [2.75, 3.05) is 26.3 Å². The van der Waals surface area contributed by atoms with Crippen molar-refractivity contribution >= 4 is 11.9 Å². The summed E-state index contributed by atoms with van der Waals surface area (Å²) in [5, 5.41) is 27.0. The minimum absolute atomic E-state index is 0.131. The number of carboxylic acid groups (broad SMARTS) is 1. The van der Waals surface area contributed by atoms with Crippen molar-refractivity contribution in [1.29, 1.82) is 0 Å². The summed E-state index contributed by atoms with van der Waals surface area (Å²) in [6.45, 7) is 2.05. The van der Waals surface area contributed by atoms with E-state index in [9.17, 15) is 9.59 Å². The molecule has 0 aromatic carbocycles. The van der Waals surface area contributed by atoms with Crippen molar-refractivity contribution in [1.82, 2.24) is 4.90 Å². The van der Waals surface area contributed by atoms with E-state index in [1.54, 1.807) is 0 Å². The lowest BCUT2D eigenvalue weighted by Gasteiger charge is -2.25. The topological polar surface area (TPSA) is 98.1 Å². The van der Waals surface area contributed by atoms with Crippen LogP contribution in [0.1, 0.15) is 64.7 Å². The van der Waals surface area contributed by atoms with Gasteiger partial charge in [0.1, 0.15) is 0 Å². The molecule has 0 fully saturated rings. The number of carbonyl (C=O) groups excluding carboxylic acids is 1. The number of nitrogens with zero attached hydrogens (tertiary/aromatic N) is 1. The molecule has 23 heavy (non-hydrogen) atoms. The zero-order valence-corrected chi connectivity index (χ0v) is 14.4. The first-order valence-electron chi connectivity index (χ1n) is 8.79. The van der Waals surface area contributed by atoms with E-state index in [2.05, 4.69) is 6.92 Å². The number of rotatable bonds is 15. The van der Waals surface area contributed by atoms with Crippen molar-refractivity contribution in [3.05, 3.63) is 0 Å². The molecule has 0 aliphatic heterocycles. The quantitative estimate of drug-likeness (QED) is 0.399. The Morgan fingerprint density at radius 3 is 1.91 bits per heavy atom. The normalized spacial score (nSPS) is 12.1. The predicted octanol–water partition coefficient (Wildman–Crippen LogP) is 2.03. The highest BCUT2D eigenvalue weighted by Crippen LogP contribution is 2.18. The number of amides is 1. The Balaban J connectivity index is 4.32. The van der Waals surface area contributed by atoms with Gasteiger partial charge in [-0.05, 0) is 6.42 Å². The number of hydrogen-bond acceptors (Lipinski definition) is 4. The van der Waals surface area contributed by atoms with Gasteiger partial charge in [-0.2, -0.15) is 0 Å². The first-order valence-corrected chi connectivity index (χ1v) is 8.79. The average molecular weight is 331 g/mol.